The van der Waals surface area contributed by atoms with Crippen LogP contribution in [0.1, 0.15) is 19.3 Å². The maximum atomic E-state index is 7.38. The first-order valence-electron chi connectivity index (χ1n) is 4.92. The number of rotatable bonds is 7. The van der Waals surface area contributed by atoms with Crippen molar-refractivity contribution in [2.24, 2.45) is 11.5 Å². The Morgan fingerprint density at radius 1 is 0.800 bits per heavy atom. The third-order valence-corrected chi connectivity index (χ3v) is 1.37. The van der Waals surface area contributed by atoms with Crippen LogP contribution in [0.4, 0.5) is 0 Å². The van der Waals surface area contributed by atoms with E-state index in [1.807, 2.05) is 0 Å². The summed E-state index contributed by atoms with van der Waals surface area (Å²) in [4.78, 5) is 0. The van der Waals surface area contributed by atoms with Gasteiger partial charge < -0.3 is 16.8 Å². The van der Waals surface area contributed by atoms with Crippen molar-refractivity contribution in [2.45, 2.75) is 19.3 Å². The Balaban J connectivity index is 0. The Morgan fingerprint density at radius 3 is 1.60 bits per heavy atom. The molecule has 15 heavy (non-hydrogen) atoms. The van der Waals surface area contributed by atoms with Gasteiger partial charge in [0, 0.05) is 0 Å². The van der Waals surface area contributed by atoms with Gasteiger partial charge in [0.25, 0.3) is 0 Å². The van der Waals surface area contributed by atoms with Gasteiger partial charge in [-0.05, 0) is 45.4 Å². The van der Waals surface area contributed by atoms with Gasteiger partial charge in [0.2, 0.25) is 0 Å². The number of hydrogen-bond donors (Lipinski definition) is 7. The summed E-state index contributed by atoms with van der Waals surface area (Å²) in [6.07, 6.45) is 3.37. The van der Waals surface area contributed by atoms with Gasteiger partial charge in [-0.1, -0.05) is 0 Å². The predicted octanol–water partition coefficient (Wildman–Crippen LogP) is -2.57. The Labute approximate surface area is 95.4 Å². The van der Waals surface area contributed by atoms with Gasteiger partial charge in [-0.15, -0.1) is 0 Å². The van der Waals surface area contributed by atoms with Crippen LogP contribution in [0.15, 0.2) is 0 Å². The molecule has 0 spiro atoms. The fraction of sp³-hybridized carbons (Fsp3) is 1.00. The molecule has 0 bridgehead atoms. The number of unbranched alkanes of at least 4 members (excludes halogenated alkanes) is 1. The molecule has 0 aromatic rings. The molecule has 0 aliphatic heterocycles. The van der Waals surface area contributed by atoms with Gasteiger partial charge in [0.1, 0.15) is 0 Å². The first kappa shape index (κ1) is 17.8. The Hall–Kier alpha value is 0.434. The fourth-order valence-electron chi connectivity index (χ4n) is 0.746. The quantitative estimate of drug-likeness (QED) is 0.197. The third-order valence-electron chi connectivity index (χ3n) is 1.37. The second-order valence-corrected chi connectivity index (χ2v) is 4.86. The van der Waals surface area contributed by atoms with Crippen LogP contribution in [0, 0.1) is 0 Å². The summed E-state index contributed by atoms with van der Waals surface area (Å²) >= 11 is -5.00. The zero-order chi connectivity index (χ0) is 12.2. The van der Waals surface area contributed by atoms with E-state index in [0.29, 0.717) is 0 Å². The minimum atomic E-state index is -5.00. The van der Waals surface area contributed by atoms with E-state index in [1.54, 1.807) is 0 Å². The predicted molar refractivity (Wildman–Crippen MR) is 53.7 cm³/mol. The molecule has 0 aliphatic carbocycles. The summed E-state index contributed by atoms with van der Waals surface area (Å²) in [7, 11) is 0. The monoisotopic (exact) mass is 261 g/mol. The van der Waals surface area contributed by atoms with Crippen molar-refractivity contribution < 1.29 is 32.9 Å². The molecule has 0 unspecified atom stereocenters. The fourth-order valence-corrected chi connectivity index (χ4v) is 0.746. The normalized spacial score (nSPS) is 10.8. The maximum absolute atomic E-state index is 7.38. The van der Waals surface area contributed by atoms with Gasteiger partial charge in [0.15, 0.2) is 0 Å². The number of nitrogens with two attached hydrogens (primary N) is 2. The standard InChI is InChI=1S/C7H19N3.4H2O.Ti/c8-4-1-2-6-10-7-3-5-9;;;;;/h10H,1-9H2;4*1H2;/q;;;;;+4/p-4. The summed E-state index contributed by atoms with van der Waals surface area (Å²) in [5.74, 6) is 0. The Kier molecular flexibility index (Phi) is 14.9. The molecule has 0 aliphatic rings. The molecule has 0 radical (unpaired) electrons. The number of hydrogen-bond acceptors (Lipinski definition) is 7. The van der Waals surface area contributed by atoms with Crippen molar-refractivity contribution >= 4 is 0 Å². The topological polar surface area (TPSA) is 145 Å². The Morgan fingerprint density at radius 2 is 1.20 bits per heavy atom. The van der Waals surface area contributed by atoms with Crippen molar-refractivity contribution in [3.63, 3.8) is 0 Å². The van der Waals surface area contributed by atoms with Crippen LogP contribution in [-0.2, 0) is 18.1 Å². The van der Waals surface area contributed by atoms with Crippen molar-refractivity contribution in [1.82, 2.24) is 5.32 Å². The van der Waals surface area contributed by atoms with Crippen LogP contribution in [-0.4, -0.2) is 40.9 Å². The van der Waals surface area contributed by atoms with E-state index in [2.05, 4.69) is 5.32 Å². The SMILES string of the molecule is NCCCCNCCCN.[OH][Ti]([OH])([OH])[OH]. The van der Waals surface area contributed by atoms with Crippen molar-refractivity contribution in [1.29, 1.82) is 0 Å². The molecule has 0 fully saturated rings. The molecule has 0 aromatic heterocycles. The van der Waals surface area contributed by atoms with Gasteiger partial charge in [-0.2, -0.15) is 0 Å². The average Bonchev–Trinajstić information content (AvgIpc) is 2.08. The van der Waals surface area contributed by atoms with Gasteiger partial charge in [-0.25, -0.2) is 0 Å². The molecule has 0 saturated carbocycles. The molecule has 0 aromatic carbocycles. The van der Waals surface area contributed by atoms with Crippen LogP contribution in [0.3, 0.4) is 0 Å². The zero-order valence-corrected chi connectivity index (χ0v) is 10.5. The van der Waals surface area contributed by atoms with E-state index >= 15 is 0 Å². The summed E-state index contributed by atoms with van der Waals surface area (Å²) in [6, 6.07) is 0. The van der Waals surface area contributed by atoms with Crippen molar-refractivity contribution in [2.75, 3.05) is 26.2 Å². The van der Waals surface area contributed by atoms with Gasteiger partial charge in [0.05, 0.1) is 0 Å². The summed E-state index contributed by atoms with van der Waals surface area (Å²) in [6.45, 7) is 3.71. The molecule has 9 N–H and O–H groups in total. The molecule has 0 saturated heterocycles. The van der Waals surface area contributed by atoms with Gasteiger partial charge in [-0.3, -0.25) is 0 Å². The van der Waals surface area contributed by atoms with Crippen LogP contribution in [0.25, 0.3) is 0 Å². The minimum absolute atomic E-state index is 0.782. The summed E-state index contributed by atoms with van der Waals surface area (Å²) < 4.78 is 29.5. The van der Waals surface area contributed by atoms with E-state index in [1.165, 1.54) is 6.42 Å². The van der Waals surface area contributed by atoms with Crippen molar-refractivity contribution in [3.8, 4) is 0 Å². The van der Waals surface area contributed by atoms with E-state index in [4.69, 9.17) is 26.2 Å². The molecule has 0 heterocycles. The van der Waals surface area contributed by atoms with E-state index < -0.39 is 18.1 Å². The molecule has 0 rings (SSSR count). The summed E-state index contributed by atoms with van der Waals surface area (Å²) in [5.41, 5.74) is 10.6. The summed E-state index contributed by atoms with van der Waals surface area (Å²) in [5, 5.41) is 3.29. The van der Waals surface area contributed by atoms with E-state index in [-0.39, 0.29) is 0 Å². The van der Waals surface area contributed by atoms with Gasteiger partial charge >= 0.3 is 32.9 Å². The third kappa shape index (κ3) is 40.4. The first-order chi connectivity index (χ1) is 6.91. The zero-order valence-electron chi connectivity index (χ0n) is 8.89. The molecule has 7 nitrogen and oxygen atoms in total. The molecule has 0 atom stereocenters. The van der Waals surface area contributed by atoms with Crippen LogP contribution < -0.4 is 16.8 Å². The van der Waals surface area contributed by atoms with Crippen LogP contribution >= 0.6 is 0 Å². The number of nitrogens with one attached hydrogen (secondary N) is 1. The average molecular weight is 261 g/mol. The molecule has 0 amide bonds. The molecular formula is C7H23N3O4Ti. The molecule has 8 heteroatoms. The first-order valence-corrected chi connectivity index (χ1v) is 7.71. The molecular weight excluding hydrogens is 238 g/mol. The second kappa shape index (κ2) is 12.5. The molecule has 94 valence electrons. The second-order valence-electron chi connectivity index (χ2n) is 2.99. The Bertz CT molecular complexity index is 109. The van der Waals surface area contributed by atoms with Crippen LogP contribution in [0.2, 0.25) is 0 Å². The van der Waals surface area contributed by atoms with Crippen molar-refractivity contribution in [3.05, 3.63) is 0 Å². The van der Waals surface area contributed by atoms with E-state index in [0.717, 1.165) is 39.0 Å². The van der Waals surface area contributed by atoms with Crippen LogP contribution in [0.5, 0.6) is 0 Å². The van der Waals surface area contributed by atoms with E-state index in [9.17, 15) is 0 Å².